The SMILES string of the molecule is C#CCN(CCC)S(=O)(=O)c1c(C)csc1CNC1CC1. The molecule has 0 saturated heterocycles. The van der Waals surface area contributed by atoms with Crippen LogP contribution >= 0.6 is 11.3 Å². The highest BCUT2D eigenvalue weighted by Crippen LogP contribution is 2.30. The molecule has 4 nitrogen and oxygen atoms in total. The molecule has 1 heterocycles. The summed E-state index contributed by atoms with van der Waals surface area (Å²) in [5, 5.41) is 5.30. The highest BCUT2D eigenvalue weighted by atomic mass is 32.2. The molecular formula is C15H22N2O2S2. The topological polar surface area (TPSA) is 49.4 Å². The zero-order chi connectivity index (χ0) is 15.5. The first kappa shape index (κ1) is 16.5. The number of hydrogen-bond acceptors (Lipinski definition) is 4. The molecule has 0 atom stereocenters. The zero-order valence-corrected chi connectivity index (χ0v) is 14.2. The molecule has 0 spiro atoms. The number of nitrogens with one attached hydrogen (secondary N) is 1. The van der Waals surface area contributed by atoms with E-state index >= 15 is 0 Å². The Labute approximate surface area is 131 Å². The van der Waals surface area contributed by atoms with Gasteiger partial charge in [-0.15, -0.1) is 17.8 Å². The van der Waals surface area contributed by atoms with Crippen LogP contribution in [0, 0.1) is 19.3 Å². The summed E-state index contributed by atoms with van der Waals surface area (Å²) in [4.78, 5) is 1.34. The molecule has 1 aliphatic carbocycles. The van der Waals surface area contributed by atoms with E-state index in [4.69, 9.17) is 6.42 Å². The highest BCUT2D eigenvalue weighted by molar-refractivity contribution is 7.89. The minimum Gasteiger partial charge on any atom is -0.309 e. The van der Waals surface area contributed by atoms with Gasteiger partial charge in [0.15, 0.2) is 0 Å². The Balaban J connectivity index is 2.28. The predicted molar refractivity (Wildman–Crippen MR) is 86.8 cm³/mol. The summed E-state index contributed by atoms with van der Waals surface area (Å²) < 4.78 is 27.2. The average molecular weight is 326 g/mol. The molecule has 1 fully saturated rings. The number of nitrogens with zero attached hydrogens (tertiary/aromatic N) is 1. The molecule has 0 aliphatic heterocycles. The number of aryl methyl sites for hydroxylation is 1. The van der Waals surface area contributed by atoms with Gasteiger partial charge in [-0.1, -0.05) is 12.8 Å². The van der Waals surface area contributed by atoms with E-state index in [0.717, 1.165) is 16.9 Å². The van der Waals surface area contributed by atoms with Crippen molar-refractivity contribution in [3.63, 3.8) is 0 Å². The summed E-state index contributed by atoms with van der Waals surface area (Å²) in [5.41, 5.74) is 0.811. The number of thiophene rings is 1. The van der Waals surface area contributed by atoms with Crippen molar-refractivity contribution in [2.75, 3.05) is 13.1 Å². The lowest BCUT2D eigenvalue weighted by molar-refractivity contribution is 0.444. The third-order valence-electron chi connectivity index (χ3n) is 3.46. The Morgan fingerprint density at radius 2 is 2.24 bits per heavy atom. The molecule has 1 N–H and O–H groups in total. The Kier molecular flexibility index (Phi) is 5.44. The quantitative estimate of drug-likeness (QED) is 0.746. The molecule has 1 aliphatic rings. The van der Waals surface area contributed by atoms with Gasteiger partial charge in [-0.05, 0) is 37.1 Å². The first-order valence-electron chi connectivity index (χ1n) is 7.24. The Bertz CT molecular complexity index is 625. The molecule has 0 bridgehead atoms. The maximum absolute atomic E-state index is 12.9. The van der Waals surface area contributed by atoms with Crippen LogP contribution in [0.2, 0.25) is 0 Å². The average Bonchev–Trinajstić information content (AvgIpc) is 3.18. The molecule has 1 aromatic heterocycles. The third-order valence-corrected chi connectivity index (χ3v) is 6.77. The van der Waals surface area contributed by atoms with Crippen LogP contribution in [0.4, 0.5) is 0 Å². The highest BCUT2D eigenvalue weighted by Gasteiger charge is 2.30. The van der Waals surface area contributed by atoms with Crippen molar-refractivity contribution in [2.45, 2.75) is 50.6 Å². The van der Waals surface area contributed by atoms with E-state index in [9.17, 15) is 8.42 Å². The molecule has 0 aromatic carbocycles. The Morgan fingerprint density at radius 1 is 1.52 bits per heavy atom. The lowest BCUT2D eigenvalue weighted by atomic mass is 10.3. The Morgan fingerprint density at radius 3 is 2.81 bits per heavy atom. The van der Waals surface area contributed by atoms with Gasteiger partial charge < -0.3 is 5.32 Å². The van der Waals surface area contributed by atoms with E-state index in [0.29, 0.717) is 24.0 Å². The molecule has 0 amide bonds. The van der Waals surface area contributed by atoms with E-state index in [-0.39, 0.29) is 6.54 Å². The molecule has 21 heavy (non-hydrogen) atoms. The van der Waals surface area contributed by atoms with Crippen LogP contribution in [0.3, 0.4) is 0 Å². The van der Waals surface area contributed by atoms with Crippen LogP contribution in [0.5, 0.6) is 0 Å². The zero-order valence-electron chi connectivity index (χ0n) is 12.6. The van der Waals surface area contributed by atoms with Crippen LogP contribution < -0.4 is 5.32 Å². The van der Waals surface area contributed by atoms with Crippen molar-refractivity contribution >= 4 is 21.4 Å². The number of sulfonamides is 1. The molecule has 1 aromatic rings. The van der Waals surface area contributed by atoms with Crippen LogP contribution in [-0.4, -0.2) is 31.9 Å². The second-order valence-electron chi connectivity index (χ2n) is 5.37. The van der Waals surface area contributed by atoms with Gasteiger partial charge >= 0.3 is 0 Å². The van der Waals surface area contributed by atoms with Crippen LogP contribution in [-0.2, 0) is 16.6 Å². The third kappa shape index (κ3) is 3.86. The molecule has 2 rings (SSSR count). The van der Waals surface area contributed by atoms with Crippen molar-refractivity contribution in [3.8, 4) is 12.3 Å². The molecule has 6 heteroatoms. The largest absolute Gasteiger partial charge is 0.309 e. The standard InChI is InChI=1S/C15H22N2O2S2/c1-4-8-17(9-5-2)21(18,19)15-12(3)11-20-14(15)10-16-13-6-7-13/h1,11,13,16H,5-10H2,2-3H3. The van der Waals surface area contributed by atoms with Gasteiger partial charge in [-0.25, -0.2) is 8.42 Å². The van der Waals surface area contributed by atoms with E-state index in [2.05, 4.69) is 11.2 Å². The summed E-state index contributed by atoms with van der Waals surface area (Å²) in [5.74, 6) is 2.45. The normalized spacial score (nSPS) is 15.3. The van der Waals surface area contributed by atoms with Crippen molar-refractivity contribution in [2.24, 2.45) is 0 Å². The van der Waals surface area contributed by atoms with Gasteiger partial charge in [0.25, 0.3) is 0 Å². The fourth-order valence-electron chi connectivity index (χ4n) is 2.24. The molecule has 0 radical (unpaired) electrons. The van der Waals surface area contributed by atoms with Crippen LogP contribution in [0.15, 0.2) is 10.3 Å². The predicted octanol–water partition coefficient (Wildman–Crippen LogP) is 2.34. The van der Waals surface area contributed by atoms with Gasteiger partial charge in [-0.3, -0.25) is 0 Å². The van der Waals surface area contributed by atoms with Crippen molar-refractivity contribution in [1.82, 2.24) is 9.62 Å². The van der Waals surface area contributed by atoms with Gasteiger partial charge in [0.05, 0.1) is 6.54 Å². The first-order chi connectivity index (χ1) is 10.0. The van der Waals surface area contributed by atoms with Gasteiger partial charge in [0, 0.05) is 24.0 Å². The van der Waals surface area contributed by atoms with E-state index in [1.165, 1.54) is 28.5 Å². The summed E-state index contributed by atoms with van der Waals surface area (Å²) in [6.45, 7) is 5.01. The van der Waals surface area contributed by atoms with E-state index in [1.54, 1.807) is 0 Å². The minimum absolute atomic E-state index is 0.126. The minimum atomic E-state index is -3.51. The smallest absolute Gasteiger partial charge is 0.245 e. The van der Waals surface area contributed by atoms with E-state index < -0.39 is 10.0 Å². The fourth-order valence-corrected chi connectivity index (χ4v) is 5.40. The summed E-state index contributed by atoms with van der Waals surface area (Å²) in [6.07, 6.45) is 8.45. The van der Waals surface area contributed by atoms with Crippen LogP contribution in [0.25, 0.3) is 0 Å². The van der Waals surface area contributed by atoms with Crippen molar-refractivity contribution in [3.05, 3.63) is 15.8 Å². The van der Waals surface area contributed by atoms with Crippen molar-refractivity contribution < 1.29 is 8.42 Å². The number of hydrogen-bond donors (Lipinski definition) is 1. The number of rotatable bonds is 8. The molecule has 116 valence electrons. The fraction of sp³-hybridized carbons (Fsp3) is 0.600. The maximum Gasteiger partial charge on any atom is 0.245 e. The lowest BCUT2D eigenvalue weighted by Crippen LogP contribution is -2.33. The lowest BCUT2D eigenvalue weighted by Gasteiger charge is -2.20. The summed E-state index contributed by atoms with van der Waals surface area (Å²) in [6, 6.07) is 0.556. The second kappa shape index (κ2) is 6.93. The van der Waals surface area contributed by atoms with Crippen molar-refractivity contribution in [1.29, 1.82) is 0 Å². The maximum atomic E-state index is 12.9. The molecule has 1 saturated carbocycles. The monoisotopic (exact) mass is 326 g/mol. The molecule has 0 unspecified atom stereocenters. The van der Waals surface area contributed by atoms with Gasteiger partial charge in [-0.2, -0.15) is 4.31 Å². The Hall–Kier alpha value is -0.870. The number of terminal acetylenes is 1. The molecular weight excluding hydrogens is 304 g/mol. The van der Waals surface area contributed by atoms with Gasteiger partial charge in [0.2, 0.25) is 10.0 Å². The summed E-state index contributed by atoms with van der Waals surface area (Å²) >= 11 is 1.51. The summed E-state index contributed by atoms with van der Waals surface area (Å²) in [7, 11) is -3.51. The first-order valence-corrected chi connectivity index (χ1v) is 9.56. The second-order valence-corrected chi connectivity index (χ2v) is 8.21. The van der Waals surface area contributed by atoms with Crippen LogP contribution in [0.1, 0.15) is 36.6 Å². The van der Waals surface area contributed by atoms with E-state index in [1.807, 2.05) is 19.2 Å². The van der Waals surface area contributed by atoms with Gasteiger partial charge in [0.1, 0.15) is 4.90 Å².